The third-order valence-electron chi connectivity index (χ3n) is 4.44. The molecule has 0 fully saturated rings. The second-order valence-corrected chi connectivity index (χ2v) is 7.81. The van der Waals surface area contributed by atoms with Crippen molar-refractivity contribution in [1.82, 2.24) is 19.8 Å². The van der Waals surface area contributed by atoms with Gasteiger partial charge in [-0.2, -0.15) is 4.52 Å². The summed E-state index contributed by atoms with van der Waals surface area (Å²) in [4.78, 5) is 12.9. The van der Waals surface area contributed by atoms with Gasteiger partial charge in [-0.25, -0.2) is 0 Å². The second-order valence-electron chi connectivity index (χ2n) is 6.86. The molecule has 0 atom stereocenters. The summed E-state index contributed by atoms with van der Waals surface area (Å²) in [5, 5.41) is 15.9. The first-order valence-corrected chi connectivity index (χ1v) is 10.2. The predicted molar refractivity (Wildman–Crippen MR) is 117 cm³/mol. The number of amides is 1. The molecule has 2 heterocycles. The van der Waals surface area contributed by atoms with Crippen LogP contribution in [0.3, 0.4) is 0 Å². The molecule has 1 N–H and O–H groups in total. The van der Waals surface area contributed by atoms with Crippen LogP contribution in [0.2, 0.25) is 0 Å². The third-order valence-corrected chi connectivity index (χ3v) is 5.26. The maximum Gasteiger partial charge on any atom is 0.264 e. The van der Waals surface area contributed by atoms with E-state index in [1.165, 1.54) is 11.3 Å². The van der Waals surface area contributed by atoms with Gasteiger partial charge in [-0.15, -0.1) is 15.3 Å². The average molecular weight is 439 g/mol. The molecule has 0 spiro atoms. The number of nitrogens with zero attached hydrogens (tertiary/aromatic N) is 4. The molecule has 0 saturated heterocycles. The fraction of sp³-hybridized carbons (Fsp3) is 0.238. The lowest BCUT2D eigenvalue weighted by molar-refractivity contribution is -0.118. The minimum absolute atomic E-state index is 0.119. The number of carbonyl (C=O) groups is 1. The van der Waals surface area contributed by atoms with Gasteiger partial charge in [-0.05, 0) is 55.3 Å². The van der Waals surface area contributed by atoms with Crippen LogP contribution in [0.15, 0.2) is 36.4 Å². The average Bonchev–Trinajstić information content (AvgIpc) is 3.31. The van der Waals surface area contributed by atoms with Gasteiger partial charge in [-0.3, -0.25) is 10.1 Å². The van der Waals surface area contributed by atoms with Gasteiger partial charge in [-0.1, -0.05) is 17.4 Å². The molecule has 0 aliphatic rings. The number of hydrogen-bond acceptors (Lipinski definition) is 8. The number of aryl methyl sites for hydroxylation is 2. The SMILES string of the molecule is COc1ccc(-c2nnc3sc(NC(=O)COc4cc(C)cc(C)c4)nn23)cc1OC. The lowest BCUT2D eigenvalue weighted by Gasteiger charge is -2.08. The monoisotopic (exact) mass is 439 g/mol. The van der Waals surface area contributed by atoms with Crippen molar-refractivity contribution in [2.24, 2.45) is 0 Å². The molecular formula is C21H21N5O4S. The molecule has 0 radical (unpaired) electrons. The molecule has 4 rings (SSSR count). The molecule has 2 aromatic carbocycles. The first-order chi connectivity index (χ1) is 15.0. The Morgan fingerprint density at radius 3 is 2.48 bits per heavy atom. The number of carbonyl (C=O) groups excluding carboxylic acids is 1. The van der Waals surface area contributed by atoms with Crippen LogP contribution >= 0.6 is 11.3 Å². The standard InChI is InChI=1S/C21H21N5O4S/c1-12-7-13(2)9-15(8-12)30-11-18(27)22-20-25-26-19(23-24-21(26)31-20)14-5-6-16(28-3)17(10-14)29-4/h5-10H,11H2,1-4H3,(H,22,25,27). The van der Waals surface area contributed by atoms with Crippen LogP contribution in [0, 0.1) is 13.8 Å². The number of rotatable bonds is 7. The minimum Gasteiger partial charge on any atom is -0.493 e. The zero-order valence-corrected chi connectivity index (χ0v) is 18.3. The fourth-order valence-corrected chi connectivity index (χ4v) is 3.90. The van der Waals surface area contributed by atoms with E-state index in [1.807, 2.05) is 38.1 Å². The van der Waals surface area contributed by atoms with Crippen LogP contribution in [0.25, 0.3) is 16.3 Å². The molecular weight excluding hydrogens is 418 g/mol. The highest BCUT2D eigenvalue weighted by Gasteiger charge is 2.17. The molecule has 0 aliphatic heterocycles. The van der Waals surface area contributed by atoms with E-state index in [1.54, 1.807) is 30.9 Å². The maximum absolute atomic E-state index is 12.3. The Morgan fingerprint density at radius 1 is 1.03 bits per heavy atom. The molecule has 31 heavy (non-hydrogen) atoms. The quantitative estimate of drug-likeness (QED) is 0.470. The highest BCUT2D eigenvalue weighted by molar-refractivity contribution is 7.20. The number of anilines is 1. The molecule has 160 valence electrons. The zero-order valence-electron chi connectivity index (χ0n) is 17.5. The van der Waals surface area contributed by atoms with E-state index in [9.17, 15) is 4.79 Å². The van der Waals surface area contributed by atoms with E-state index in [0.717, 1.165) is 16.7 Å². The fourth-order valence-electron chi connectivity index (χ4n) is 3.14. The number of fused-ring (bicyclic) bond motifs is 1. The van der Waals surface area contributed by atoms with Gasteiger partial charge < -0.3 is 14.2 Å². The van der Waals surface area contributed by atoms with Crippen molar-refractivity contribution in [2.75, 3.05) is 26.1 Å². The smallest absolute Gasteiger partial charge is 0.264 e. The lowest BCUT2D eigenvalue weighted by Crippen LogP contribution is -2.20. The van der Waals surface area contributed by atoms with Crippen molar-refractivity contribution in [3.8, 4) is 28.6 Å². The number of hydrogen-bond donors (Lipinski definition) is 1. The molecule has 2 aromatic heterocycles. The van der Waals surface area contributed by atoms with Crippen molar-refractivity contribution in [2.45, 2.75) is 13.8 Å². The molecule has 0 saturated carbocycles. The molecule has 4 aromatic rings. The summed E-state index contributed by atoms with van der Waals surface area (Å²) in [6.07, 6.45) is 0. The van der Waals surface area contributed by atoms with E-state index in [4.69, 9.17) is 14.2 Å². The van der Waals surface area contributed by atoms with Gasteiger partial charge in [0.05, 0.1) is 14.2 Å². The summed E-state index contributed by atoms with van der Waals surface area (Å²) in [6, 6.07) is 11.2. The van der Waals surface area contributed by atoms with Crippen molar-refractivity contribution in [1.29, 1.82) is 0 Å². The summed E-state index contributed by atoms with van der Waals surface area (Å²) >= 11 is 1.22. The Bertz CT molecular complexity index is 1230. The summed E-state index contributed by atoms with van der Waals surface area (Å²) in [7, 11) is 3.14. The summed E-state index contributed by atoms with van der Waals surface area (Å²) in [6.45, 7) is 3.84. The van der Waals surface area contributed by atoms with E-state index in [-0.39, 0.29) is 12.5 Å². The van der Waals surface area contributed by atoms with Gasteiger partial charge >= 0.3 is 0 Å². The minimum atomic E-state index is -0.309. The van der Waals surface area contributed by atoms with E-state index in [0.29, 0.717) is 33.2 Å². The van der Waals surface area contributed by atoms with Crippen molar-refractivity contribution < 1.29 is 19.0 Å². The Kier molecular flexibility index (Phi) is 5.72. The molecule has 0 bridgehead atoms. The Labute approximate surface area is 182 Å². The highest BCUT2D eigenvalue weighted by atomic mass is 32.1. The third kappa shape index (κ3) is 4.43. The first kappa shape index (κ1) is 20.6. The summed E-state index contributed by atoms with van der Waals surface area (Å²) in [5.41, 5.74) is 2.91. The van der Waals surface area contributed by atoms with Gasteiger partial charge in [0.1, 0.15) is 5.75 Å². The van der Waals surface area contributed by atoms with Crippen LogP contribution in [-0.4, -0.2) is 46.5 Å². The normalized spacial score (nSPS) is 10.8. The van der Waals surface area contributed by atoms with Crippen LogP contribution in [0.4, 0.5) is 5.13 Å². The summed E-state index contributed by atoms with van der Waals surface area (Å²) < 4.78 is 17.8. The summed E-state index contributed by atoms with van der Waals surface area (Å²) in [5.74, 6) is 2.06. The van der Waals surface area contributed by atoms with Crippen molar-refractivity contribution in [3.05, 3.63) is 47.5 Å². The van der Waals surface area contributed by atoms with Crippen molar-refractivity contribution >= 4 is 27.3 Å². The maximum atomic E-state index is 12.3. The Hall–Kier alpha value is -3.66. The number of nitrogens with one attached hydrogen (secondary N) is 1. The number of ether oxygens (including phenoxy) is 3. The number of aromatic nitrogens is 4. The Morgan fingerprint density at radius 2 is 1.77 bits per heavy atom. The molecule has 9 nitrogen and oxygen atoms in total. The second kappa shape index (κ2) is 8.60. The Balaban J connectivity index is 1.49. The molecule has 10 heteroatoms. The highest BCUT2D eigenvalue weighted by Crippen LogP contribution is 2.32. The largest absolute Gasteiger partial charge is 0.493 e. The topological polar surface area (TPSA) is 99.9 Å². The van der Waals surface area contributed by atoms with E-state index in [2.05, 4.69) is 20.6 Å². The lowest BCUT2D eigenvalue weighted by atomic mass is 10.1. The van der Waals surface area contributed by atoms with Gasteiger partial charge in [0.15, 0.2) is 23.9 Å². The van der Waals surface area contributed by atoms with Crippen molar-refractivity contribution in [3.63, 3.8) is 0 Å². The number of benzene rings is 2. The molecule has 1 amide bonds. The number of methoxy groups -OCH3 is 2. The van der Waals surface area contributed by atoms with Crippen LogP contribution in [0.5, 0.6) is 17.2 Å². The van der Waals surface area contributed by atoms with Gasteiger partial charge in [0.25, 0.3) is 5.91 Å². The van der Waals surface area contributed by atoms with Gasteiger partial charge in [0.2, 0.25) is 10.1 Å². The van der Waals surface area contributed by atoms with E-state index >= 15 is 0 Å². The van der Waals surface area contributed by atoms with Gasteiger partial charge in [0, 0.05) is 5.56 Å². The molecule has 0 aliphatic carbocycles. The van der Waals surface area contributed by atoms with E-state index < -0.39 is 0 Å². The van der Waals surface area contributed by atoms with Crippen LogP contribution < -0.4 is 19.5 Å². The first-order valence-electron chi connectivity index (χ1n) is 9.42. The predicted octanol–water partition coefficient (Wildman–Crippen LogP) is 3.50. The van der Waals surface area contributed by atoms with Crippen LogP contribution in [0.1, 0.15) is 11.1 Å². The molecule has 0 unspecified atom stereocenters. The van der Waals surface area contributed by atoms with Crippen LogP contribution in [-0.2, 0) is 4.79 Å². The zero-order chi connectivity index (χ0) is 22.0.